The van der Waals surface area contributed by atoms with E-state index in [4.69, 9.17) is 4.74 Å². The first-order chi connectivity index (χ1) is 17.2. The molecule has 188 valence electrons. The molecule has 36 heavy (non-hydrogen) atoms. The Morgan fingerprint density at radius 1 is 0.917 bits per heavy atom. The molecule has 0 saturated heterocycles. The van der Waals surface area contributed by atoms with Gasteiger partial charge in [-0.2, -0.15) is 0 Å². The van der Waals surface area contributed by atoms with Crippen molar-refractivity contribution in [1.82, 2.24) is 0 Å². The molecule has 0 spiro atoms. The largest absolute Gasteiger partial charge is 0.465 e. The molecule has 4 heteroatoms. The van der Waals surface area contributed by atoms with E-state index in [0.29, 0.717) is 6.54 Å². The highest BCUT2D eigenvalue weighted by Gasteiger charge is 2.20. The number of esters is 1. The molecular weight excluding hydrogens is 449 g/mol. The molecule has 3 aromatic carbocycles. The predicted molar refractivity (Wildman–Crippen MR) is 146 cm³/mol. The molecule has 0 unspecified atom stereocenters. The average molecular weight is 486 g/mol. The fourth-order valence-corrected chi connectivity index (χ4v) is 3.98. The number of halogens is 1. The van der Waals surface area contributed by atoms with Crippen LogP contribution >= 0.6 is 0 Å². The van der Waals surface area contributed by atoms with Crippen LogP contribution in [-0.4, -0.2) is 19.6 Å². The number of hydrogen-bond acceptors (Lipinski definition) is 3. The molecule has 0 radical (unpaired) electrons. The Morgan fingerprint density at radius 3 is 2.03 bits per heavy atom. The number of anilines is 1. The van der Waals surface area contributed by atoms with Crippen LogP contribution in [0.25, 0.3) is 0 Å². The molecule has 0 aromatic heterocycles. The summed E-state index contributed by atoms with van der Waals surface area (Å²) in [6, 6.07) is 21.3. The molecule has 0 aliphatic rings. The number of aryl methyl sites for hydroxylation is 1. The molecule has 0 aliphatic heterocycles. The van der Waals surface area contributed by atoms with Gasteiger partial charge in [0.25, 0.3) is 0 Å². The molecule has 0 fully saturated rings. The second kappa shape index (κ2) is 12.4. The van der Waals surface area contributed by atoms with Crippen LogP contribution in [0.4, 0.5) is 10.1 Å². The Morgan fingerprint density at radius 2 is 1.50 bits per heavy atom. The Kier molecular flexibility index (Phi) is 9.31. The average Bonchev–Trinajstić information content (AvgIpc) is 2.86. The summed E-state index contributed by atoms with van der Waals surface area (Å²) in [6.45, 7) is 10.0. The van der Waals surface area contributed by atoms with Crippen LogP contribution in [0.15, 0.2) is 66.7 Å². The number of methoxy groups -OCH3 is 1. The maximum absolute atomic E-state index is 14.2. The van der Waals surface area contributed by atoms with E-state index in [2.05, 4.69) is 80.8 Å². The second-order valence-corrected chi connectivity index (χ2v) is 10.3. The SMILES string of the molecule is CCCCc1ccc(C#Cc2ccc(CN(CC(C)(C)C)c3ccc(F)c(C(=O)OC)c3)cc2)cc1. The third-order valence-corrected chi connectivity index (χ3v) is 5.84. The van der Waals surface area contributed by atoms with Crippen molar-refractivity contribution in [3.63, 3.8) is 0 Å². The van der Waals surface area contributed by atoms with Crippen molar-refractivity contribution >= 4 is 11.7 Å². The number of benzene rings is 3. The van der Waals surface area contributed by atoms with Gasteiger partial charge in [-0.15, -0.1) is 0 Å². The zero-order chi connectivity index (χ0) is 26.1. The molecule has 0 N–H and O–H groups in total. The molecule has 0 aliphatic carbocycles. The molecule has 0 atom stereocenters. The summed E-state index contributed by atoms with van der Waals surface area (Å²) >= 11 is 0. The van der Waals surface area contributed by atoms with E-state index in [1.54, 1.807) is 12.1 Å². The number of carbonyl (C=O) groups excluding carboxylic acids is 1. The first-order valence-electron chi connectivity index (χ1n) is 12.5. The van der Waals surface area contributed by atoms with E-state index < -0.39 is 11.8 Å². The predicted octanol–water partition coefficient (Wildman–Crippen LogP) is 7.41. The summed E-state index contributed by atoms with van der Waals surface area (Å²) in [5, 5.41) is 0. The molecule has 3 nitrogen and oxygen atoms in total. The highest BCUT2D eigenvalue weighted by atomic mass is 19.1. The van der Waals surface area contributed by atoms with E-state index in [1.165, 1.54) is 31.6 Å². The summed E-state index contributed by atoms with van der Waals surface area (Å²) in [4.78, 5) is 14.2. The molecular formula is C32H36FNO2. The van der Waals surface area contributed by atoms with E-state index in [1.807, 2.05) is 12.1 Å². The van der Waals surface area contributed by atoms with Gasteiger partial charge in [0.2, 0.25) is 0 Å². The molecule has 0 bridgehead atoms. The summed E-state index contributed by atoms with van der Waals surface area (Å²) in [7, 11) is 1.26. The Bertz CT molecular complexity index is 1210. The Balaban J connectivity index is 1.76. The fourth-order valence-electron chi connectivity index (χ4n) is 3.98. The van der Waals surface area contributed by atoms with Gasteiger partial charge in [-0.3, -0.25) is 0 Å². The Labute approximate surface area is 215 Å². The lowest BCUT2D eigenvalue weighted by Crippen LogP contribution is -2.32. The first-order valence-corrected chi connectivity index (χ1v) is 12.5. The quantitative estimate of drug-likeness (QED) is 0.246. The van der Waals surface area contributed by atoms with Gasteiger partial charge < -0.3 is 9.64 Å². The van der Waals surface area contributed by atoms with Crippen LogP contribution < -0.4 is 4.90 Å². The molecule has 3 aromatic rings. The normalized spacial score (nSPS) is 10.9. The Hall–Kier alpha value is -3.58. The number of nitrogens with zero attached hydrogens (tertiary/aromatic N) is 1. The van der Waals surface area contributed by atoms with Crippen LogP contribution in [0.5, 0.6) is 0 Å². The van der Waals surface area contributed by atoms with Gasteiger partial charge in [-0.05, 0) is 71.8 Å². The van der Waals surface area contributed by atoms with Gasteiger partial charge in [0.05, 0.1) is 12.7 Å². The van der Waals surface area contributed by atoms with E-state index >= 15 is 0 Å². The van der Waals surface area contributed by atoms with E-state index in [0.717, 1.165) is 35.3 Å². The highest BCUT2D eigenvalue weighted by Crippen LogP contribution is 2.26. The van der Waals surface area contributed by atoms with Gasteiger partial charge in [0.1, 0.15) is 5.82 Å². The van der Waals surface area contributed by atoms with Gasteiger partial charge in [-0.25, -0.2) is 9.18 Å². The minimum absolute atomic E-state index is 0.00266. The van der Waals surface area contributed by atoms with Gasteiger partial charge in [0, 0.05) is 29.9 Å². The van der Waals surface area contributed by atoms with Crippen LogP contribution in [0.2, 0.25) is 0 Å². The van der Waals surface area contributed by atoms with Crippen LogP contribution in [0.3, 0.4) is 0 Å². The van der Waals surface area contributed by atoms with Crippen molar-refractivity contribution in [2.75, 3.05) is 18.6 Å². The number of carbonyl (C=O) groups is 1. The monoisotopic (exact) mass is 485 g/mol. The van der Waals surface area contributed by atoms with Crippen molar-refractivity contribution in [2.24, 2.45) is 5.41 Å². The van der Waals surface area contributed by atoms with Crippen molar-refractivity contribution in [3.05, 3.63) is 100 Å². The lowest BCUT2D eigenvalue weighted by molar-refractivity contribution is 0.0595. The second-order valence-electron chi connectivity index (χ2n) is 10.3. The van der Waals surface area contributed by atoms with Crippen molar-refractivity contribution in [2.45, 2.75) is 53.5 Å². The number of hydrogen-bond donors (Lipinski definition) is 0. The fraction of sp³-hybridized carbons (Fsp3) is 0.344. The highest BCUT2D eigenvalue weighted by molar-refractivity contribution is 5.90. The smallest absolute Gasteiger partial charge is 0.340 e. The zero-order valence-electron chi connectivity index (χ0n) is 22.0. The maximum Gasteiger partial charge on any atom is 0.340 e. The zero-order valence-corrected chi connectivity index (χ0v) is 22.0. The topological polar surface area (TPSA) is 29.5 Å². The molecule has 3 rings (SSSR count). The van der Waals surface area contributed by atoms with Crippen LogP contribution in [0.1, 0.15) is 73.1 Å². The summed E-state index contributed by atoms with van der Waals surface area (Å²) < 4.78 is 19.0. The minimum Gasteiger partial charge on any atom is -0.465 e. The number of ether oxygens (including phenoxy) is 1. The number of rotatable bonds is 8. The maximum atomic E-state index is 14.2. The van der Waals surface area contributed by atoms with Crippen molar-refractivity contribution in [1.29, 1.82) is 0 Å². The van der Waals surface area contributed by atoms with Crippen LogP contribution in [-0.2, 0) is 17.7 Å². The summed E-state index contributed by atoms with van der Waals surface area (Å²) in [5.41, 5.74) is 5.13. The molecule has 0 amide bonds. The molecule has 0 saturated carbocycles. The third kappa shape index (κ3) is 7.99. The lowest BCUT2D eigenvalue weighted by Gasteiger charge is -2.32. The van der Waals surface area contributed by atoms with E-state index in [9.17, 15) is 9.18 Å². The van der Waals surface area contributed by atoms with Crippen molar-refractivity contribution in [3.8, 4) is 11.8 Å². The first kappa shape index (κ1) is 27.0. The van der Waals surface area contributed by atoms with Gasteiger partial charge >= 0.3 is 5.97 Å². The standard InChI is InChI=1S/C32H36FNO2/c1-6-7-8-24-9-11-25(12-10-24)13-14-26-15-17-27(18-16-26)22-34(23-32(2,3)4)28-19-20-30(33)29(21-28)31(35)36-5/h9-12,15-21H,6-8,22-23H2,1-5H3. The summed E-state index contributed by atoms with van der Waals surface area (Å²) in [6.07, 6.45) is 3.52. The molecule has 0 heterocycles. The third-order valence-electron chi connectivity index (χ3n) is 5.84. The lowest BCUT2D eigenvalue weighted by atomic mass is 9.95. The van der Waals surface area contributed by atoms with Gasteiger partial charge in [0.15, 0.2) is 0 Å². The minimum atomic E-state index is -0.677. The summed E-state index contributed by atoms with van der Waals surface area (Å²) in [5.74, 6) is 5.24. The van der Waals surface area contributed by atoms with Gasteiger partial charge in [-0.1, -0.05) is 70.2 Å². The number of unbranched alkanes of at least 4 members (excludes halogenated alkanes) is 1. The van der Waals surface area contributed by atoms with E-state index in [-0.39, 0.29) is 11.0 Å². The van der Waals surface area contributed by atoms with Crippen molar-refractivity contribution < 1.29 is 13.9 Å². The van der Waals surface area contributed by atoms with Crippen LogP contribution in [0, 0.1) is 23.1 Å².